The van der Waals surface area contributed by atoms with Gasteiger partial charge in [-0.3, -0.25) is 0 Å². The molecule has 0 aliphatic carbocycles. The summed E-state index contributed by atoms with van der Waals surface area (Å²) in [6.07, 6.45) is 1.15. The molecule has 18 heavy (non-hydrogen) atoms. The minimum Gasteiger partial charge on any atom is -0.0827 e. The summed E-state index contributed by atoms with van der Waals surface area (Å²) in [6, 6.07) is 14.3. The average molecular weight is 279 g/mol. The first-order valence-corrected chi connectivity index (χ1v) is 6.93. The summed E-state index contributed by atoms with van der Waals surface area (Å²) in [5.41, 5.74) is 3.45. The summed E-state index contributed by atoms with van der Waals surface area (Å²) in [6.45, 7) is 4.44. The fraction of sp³-hybridized carbons (Fsp3) is 0.250. The smallest absolute Gasteiger partial charge is 0.0670 e. The van der Waals surface area contributed by atoms with Gasteiger partial charge < -0.3 is 0 Å². The fourth-order valence-electron chi connectivity index (χ4n) is 1.95. The Kier molecular flexibility index (Phi) is 4.31. The summed E-state index contributed by atoms with van der Waals surface area (Å²) >= 11 is 12.3. The molecule has 0 nitrogen and oxygen atoms in total. The Morgan fingerprint density at radius 2 is 1.67 bits per heavy atom. The summed E-state index contributed by atoms with van der Waals surface area (Å²) < 4.78 is 0. The van der Waals surface area contributed by atoms with Crippen LogP contribution in [-0.2, 0) is 0 Å². The van der Waals surface area contributed by atoms with E-state index in [1.807, 2.05) is 12.1 Å². The molecule has 2 heteroatoms. The first-order chi connectivity index (χ1) is 8.63. The zero-order chi connectivity index (χ0) is 13.1. The molecule has 0 fully saturated rings. The second-order valence-corrected chi connectivity index (χ2v) is 5.32. The maximum Gasteiger partial charge on any atom is 0.0670 e. The highest BCUT2D eigenvalue weighted by Gasteiger charge is 2.08. The molecule has 0 radical (unpaired) electrons. The van der Waals surface area contributed by atoms with Gasteiger partial charge in [-0.05, 0) is 29.5 Å². The lowest BCUT2D eigenvalue weighted by atomic mass is 9.96. The van der Waals surface area contributed by atoms with E-state index in [2.05, 4.69) is 38.1 Å². The Morgan fingerprint density at radius 3 is 2.28 bits per heavy atom. The Balaban J connectivity index is 2.37. The molecular weight excluding hydrogens is 263 g/mol. The van der Waals surface area contributed by atoms with Crippen molar-refractivity contribution < 1.29 is 0 Å². The van der Waals surface area contributed by atoms with Crippen molar-refractivity contribution >= 4 is 23.2 Å². The standard InChI is InChI=1S/C16H16Cl2/c1-3-11(2)12-7-9-13(10-8-12)14-5-4-6-15(17)16(14)18/h4-11H,3H2,1-2H3. The van der Waals surface area contributed by atoms with Crippen molar-refractivity contribution in [1.29, 1.82) is 0 Å². The molecule has 0 saturated carbocycles. The number of halogens is 2. The summed E-state index contributed by atoms with van der Waals surface area (Å²) in [7, 11) is 0. The Bertz CT molecular complexity index is 529. The first kappa shape index (κ1) is 13.5. The van der Waals surface area contributed by atoms with E-state index in [1.165, 1.54) is 5.56 Å². The van der Waals surface area contributed by atoms with Gasteiger partial charge in [-0.25, -0.2) is 0 Å². The van der Waals surface area contributed by atoms with E-state index in [4.69, 9.17) is 23.2 Å². The molecule has 0 aromatic heterocycles. The van der Waals surface area contributed by atoms with E-state index in [0.717, 1.165) is 17.5 Å². The Morgan fingerprint density at radius 1 is 1.00 bits per heavy atom. The number of rotatable bonds is 3. The van der Waals surface area contributed by atoms with Crippen LogP contribution in [0.1, 0.15) is 31.7 Å². The van der Waals surface area contributed by atoms with Gasteiger partial charge in [-0.15, -0.1) is 0 Å². The topological polar surface area (TPSA) is 0 Å². The third-order valence-corrected chi connectivity index (χ3v) is 4.17. The second kappa shape index (κ2) is 5.77. The van der Waals surface area contributed by atoms with Gasteiger partial charge in [-0.2, -0.15) is 0 Å². The van der Waals surface area contributed by atoms with Gasteiger partial charge >= 0.3 is 0 Å². The van der Waals surface area contributed by atoms with Crippen LogP contribution in [0, 0.1) is 0 Å². The maximum absolute atomic E-state index is 6.23. The molecule has 0 aliphatic rings. The zero-order valence-electron chi connectivity index (χ0n) is 10.6. The molecule has 2 aromatic rings. The second-order valence-electron chi connectivity index (χ2n) is 4.53. The lowest BCUT2D eigenvalue weighted by Crippen LogP contribution is -1.90. The van der Waals surface area contributed by atoms with E-state index in [9.17, 15) is 0 Å². The van der Waals surface area contributed by atoms with Crippen LogP contribution >= 0.6 is 23.2 Å². The van der Waals surface area contributed by atoms with Gasteiger partial charge in [0.25, 0.3) is 0 Å². The minimum absolute atomic E-state index is 0.592. The van der Waals surface area contributed by atoms with Crippen LogP contribution in [0.4, 0.5) is 0 Å². The third-order valence-electron chi connectivity index (χ3n) is 3.35. The van der Waals surface area contributed by atoms with Gasteiger partial charge in [0.2, 0.25) is 0 Å². The van der Waals surface area contributed by atoms with Crippen molar-refractivity contribution in [2.75, 3.05) is 0 Å². The molecule has 0 spiro atoms. The van der Waals surface area contributed by atoms with Crippen molar-refractivity contribution in [3.63, 3.8) is 0 Å². The normalized spacial score (nSPS) is 12.4. The molecule has 2 aromatic carbocycles. The Hall–Kier alpha value is -0.980. The zero-order valence-corrected chi connectivity index (χ0v) is 12.1. The van der Waals surface area contributed by atoms with Crippen LogP contribution < -0.4 is 0 Å². The van der Waals surface area contributed by atoms with Gasteiger partial charge in [0.15, 0.2) is 0 Å². The molecular formula is C16H16Cl2. The van der Waals surface area contributed by atoms with E-state index in [1.54, 1.807) is 6.07 Å². The molecule has 0 saturated heterocycles. The highest BCUT2D eigenvalue weighted by atomic mass is 35.5. The summed E-state index contributed by atoms with van der Waals surface area (Å²) in [4.78, 5) is 0. The number of benzene rings is 2. The predicted octanol–water partition coefficient (Wildman–Crippen LogP) is 6.17. The first-order valence-electron chi connectivity index (χ1n) is 6.17. The van der Waals surface area contributed by atoms with Crippen LogP contribution in [-0.4, -0.2) is 0 Å². The fourth-order valence-corrected chi connectivity index (χ4v) is 2.36. The van der Waals surface area contributed by atoms with E-state index < -0.39 is 0 Å². The van der Waals surface area contributed by atoms with Crippen LogP contribution in [0.15, 0.2) is 42.5 Å². The van der Waals surface area contributed by atoms with Crippen molar-refractivity contribution in [1.82, 2.24) is 0 Å². The average Bonchev–Trinajstić information content (AvgIpc) is 2.41. The van der Waals surface area contributed by atoms with Crippen LogP contribution in [0.3, 0.4) is 0 Å². The molecule has 1 unspecified atom stereocenters. The van der Waals surface area contributed by atoms with Gasteiger partial charge in [0.05, 0.1) is 10.0 Å². The van der Waals surface area contributed by atoms with Crippen LogP contribution in [0.25, 0.3) is 11.1 Å². The van der Waals surface area contributed by atoms with Crippen molar-refractivity contribution in [3.05, 3.63) is 58.1 Å². The Labute approximate surface area is 119 Å². The molecule has 0 bridgehead atoms. The highest BCUT2D eigenvalue weighted by molar-refractivity contribution is 6.43. The van der Waals surface area contributed by atoms with Gasteiger partial charge in [0, 0.05) is 5.56 Å². The van der Waals surface area contributed by atoms with Crippen molar-refractivity contribution in [2.24, 2.45) is 0 Å². The van der Waals surface area contributed by atoms with Crippen molar-refractivity contribution in [2.45, 2.75) is 26.2 Å². The number of hydrogen-bond acceptors (Lipinski definition) is 0. The minimum atomic E-state index is 0.592. The molecule has 94 valence electrons. The molecule has 2 rings (SSSR count). The molecule has 0 N–H and O–H groups in total. The maximum atomic E-state index is 6.23. The molecule has 0 amide bonds. The SMILES string of the molecule is CCC(C)c1ccc(-c2cccc(Cl)c2Cl)cc1. The lowest BCUT2D eigenvalue weighted by molar-refractivity contribution is 0.734. The molecule has 0 aliphatic heterocycles. The van der Waals surface area contributed by atoms with E-state index in [-0.39, 0.29) is 0 Å². The molecule has 1 atom stereocenters. The lowest BCUT2D eigenvalue weighted by Gasteiger charge is -2.11. The predicted molar refractivity (Wildman–Crippen MR) is 80.6 cm³/mol. The summed E-state index contributed by atoms with van der Waals surface area (Å²) in [5.74, 6) is 0.592. The van der Waals surface area contributed by atoms with Crippen molar-refractivity contribution in [3.8, 4) is 11.1 Å². The summed E-state index contributed by atoms with van der Waals surface area (Å²) in [5, 5.41) is 1.22. The van der Waals surface area contributed by atoms with Gasteiger partial charge in [-0.1, -0.05) is 73.4 Å². The monoisotopic (exact) mass is 278 g/mol. The number of hydrogen-bond donors (Lipinski definition) is 0. The van der Waals surface area contributed by atoms with Crippen LogP contribution in [0.5, 0.6) is 0 Å². The van der Waals surface area contributed by atoms with E-state index in [0.29, 0.717) is 16.0 Å². The van der Waals surface area contributed by atoms with E-state index >= 15 is 0 Å². The molecule has 0 heterocycles. The largest absolute Gasteiger partial charge is 0.0827 e. The van der Waals surface area contributed by atoms with Crippen LogP contribution in [0.2, 0.25) is 10.0 Å². The third kappa shape index (κ3) is 2.71. The van der Waals surface area contributed by atoms with Gasteiger partial charge in [0.1, 0.15) is 0 Å². The quantitative estimate of drug-likeness (QED) is 0.629. The highest BCUT2D eigenvalue weighted by Crippen LogP contribution is 2.34.